The second-order valence-electron chi connectivity index (χ2n) is 6.27. The van der Waals surface area contributed by atoms with Gasteiger partial charge in [0.1, 0.15) is 5.75 Å². The molecule has 4 aromatic rings. The number of methoxy groups -OCH3 is 1. The minimum Gasteiger partial charge on any atom is -0.496 e. The zero-order valence-corrected chi connectivity index (χ0v) is 17.0. The van der Waals surface area contributed by atoms with E-state index in [1.807, 2.05) is 71.4 Å². The number of rotatable bonds is 7. The van der Waals surface area contributed by atoms with E-state index < -0.39 is 5.97 Å². The highest BCUT2D eigenvalue weighted by Crippen LogP contribution is 2.26. The molecule has 0 unspecified atom stereocenters. The second kappa shape index (κ2) is 9.19. The van der Waals surface area contributed by atoms with Gasteiger partial charge < -0.3 is 14.0 Å². The molecule has 0 aliphatic carbocycles. The lowest BCUT2D eigenvalue weighted by atomic mass is 10.0. The molecule has 2 heterocycles. The van der Waals surface area contributed by atoms with Gasteiger partial charge in [-0.2, -0.15) is 16.3 Å². The number of carbonyl (C=O) groups excluding carboxylic acids is 1. The first-order valence-electron chi connectivity index (χ1n) is 9.17. The quantitative estimate of drug-likeness (QED) is 0.236. The lowest BCUT2D eigenvalue weighted by Crippen LogP contribution is -2.08. The smallest absolute Gasteiger partial charge is 0.339 e. The first kappa shape index (κ1) is 19.6. The van der Waals surface area contributed by atoms with Crippen LogP contribution in [0.5, 0.6) is 5.75 Å². The van der Waals surface area contributed by atoms with Gasteiger partial charge in [0.2, 0.25) is 5.82 Å². The summed E-state index contributed by atoms with van der Waals surface area (Å²) in [4.78, 5) is 17.2. The lowest BCUT2D eigenvalue weighted by molar-refractivity contribution is -0.138. The number of benzene rings is 2. The van der Waals surface area contributed by atoms with E-state index in [-0.39, 0.29) is 12.5 Å². The SMILES string of the molecule is COc1ccccc1/C=C(/C(=O)OCc1nc(-c2ccsc2)no1)c1ccccc1. The number of aromatic nitrogens is 2. The lowest BCUT2D eigenvalue weighted by Gasteiger charge is -2.09. The highest BCUT2D eigenvalue weighted by atomic mass is 32.1. The molecule has 2 aromatic carbocycles. The normalized spacial score (nSPS) is 11.3. The summed E-state index contributed by atoms with van der Waals surface area (Å²) < 4.78 is 16.1. The van der Waals surface area contributed by atoms with E-state index in [1.54, 1.807) is 24.5 Å². The van der Waals surface area contributed by atoms with Crippen LogP contribution in [-0.2, 0) is 16.1 Å². The van der Waals surface area contributed by atoms with Crippen LogP contribution in [0.15, 0.2) is 75.9 Å². The molecular formula is C23H18N2O4S. The van der Waals surface area contributed by atoms with E-state index in [4.69, 9.17) is 14.0 Å². The molecule has 0 aliphatic heterocycles. The fourth-order valence-electron chi connectivity index (χ4n) is 2.85. The molecule has 6 nitrogen and oxygen atoms in total. The maximum Gasteiger partial charge on any atom is 0.339 e. The Balaban J connectivity index is 1.57. The number of hydrogen-bond donors (Lipinski definition) is 0. The maximum atomic E-state index is 12.9. The summed E-state index contributed by atoms with van der Waals surface area (Å²) in [7, 11) is 1.59. The van der Waals surface area contributed by atoms with Crippen molar-refractivity contribution in [2.24, 2.45) is 0 Å². The molecule has 0 bridgehead atoms. The Kier molecular flexibility index (Phi) is 6.01. The second-order valence-corrected chi connectivity index (χ2v) is 7.05. The van der Waals surface area contributed by atoms with Gasteiger partial charge in [0.25, 0.3) is 5.89 Å². The van der Waals surface area contributed by atoms with Crippen molar-refractivity contribution in [3.63, 3.8) is 0 Å². The monoisotopic (exact) mass is 418 g/mol. The molecule has 30 heavy (non-hydrogen) atoms. The Morgan fingerprint density at radius 3 is 2.67 bits per heavy atom. The van der Waals surface area contributed by atoms with Crippen molar-refractivity contribution in [3.05, 3.63) is 88.4 Å². The third kappa shape index (κ3) is 4.47. The van der Waals surface area contributed by atoms with Crippen molar-refractivity contribution in [1.82, 2.24) is 10.1 Å². The molecule has 0 spiro atoms. The van der Waals surface area contributed by atoms with Crippen molar-refractivity contribution in [1.29, 1.82) is 0 Å². The molecule has 0 amide bonds. The highest BCUT2D eigenvalue weighted by molar-refractivity contribution is 7.08. The van der Waals surface area contributed by atoms with Gasteiger partial charge in [0.05, 0.1) is 12.7 Å². The molecule has 0 saturated carbocycles. The van der Waals surface area contributed by atoms with Gasteiger partial charge in [-0.3, -0.25) is 0 Å². The third-order valence-electron chi connectivity index (χ3n) is 4.32. The molecule has 4 rings (SSSR count). The van der Waals surface area contributed by atoms with E-state index in [9.17, 15) is 4.79 Å². The van der Waals surface area contributed by atoms with E-state index in [1.165, 1.54) is 0 Å². The molecule has 2 aromatic heterocycles. The average molecular weight is 418 g/mol. The zero-order chi connectivity index (χ0) is 20.8. The van der Waals surface area contributed by atoms with E-state index in [0.717, 1.165) is 16.7 Å². The number of nitrogens with zero attached hydrogens (tertiary/aromatic N) is 2. The van der Waals surface area contributed by atoms with Crippen molar-refractivity contribution in [2.45, 2.75) is 6.61 Å². The van der Waals surface area contributed by atoms with Crippen LogP contribution in [0.25, 0.3) is 23.0 Å². The Bertz CT molecular complexity index is 1150. The first-order valence-corrected chi connectivity index (χ1v) is 10.1. The fourth-order valence-corrected chi connectivity index (χ4v) is 3.48. The molecule has 0 aliphatic rings. The molecule has 150 valence electrons. The minimum absolute atomic E-state index is 0.119. The number of hydrogen-bond acceptors (Lipinski definition) is 7. The van der Waals surface area contributed by atoms with Gasteiger partial charge in [-0.05, 0) is 29.2 Å². The molecular weight excluding hydrogens is 400 g/mol. The van der Waals surface area contributed by atoms with Gasteiger partial charge in [-0.15, -0.1) is 0 Å². The Morgan fingerprint density at radius 2 is 1.90 bits per heavy atom. The Hall–Kier alpha value is -3.71. The highest BCUT2D eigenvalue weighted by Gasteiger charge is 2.17. The minimum atomic E-state index is -0.498. The molecule has 0 atom stereocenters. The van der Waals surface area contributed by atoms with Crippen LogP contribution in [0.4, 0.5) is 0 Å². The van der Waals surface area contributed by atoms with Crippen LogP contribution in [0, 0.1) is 0 Å². The van der Waals surface area contributed by atoms with E-state index in [0.29, 0.717) is 17.1 Å². The third-order valence-corrected chi connectivity index (χ3v) is 5.00. The van der Waals surface area contributed by atoms with Crippen molar-refractivity contribution >= 4 is 29.0 Å². The van der Waals surface area contributed by atoms with Gasteiger partial charge >= 0.3 is 5.97 Å². The summed E-state index contributed by atoms with van der Waals surface area (Å²) in [5, 5.41) is 7.78. The predicted molar refractivity (Wildman–Crippen MR) is 115 cm³/mol. The van der Waals surface area contributed by atoms with Crippen LogP contribution in [0.1, 0.15) is 17.0 Å². The standard InChI is InChI=1S/C23H18N2O4S/c1-27-20-10-6-5-9-17(20)13-19(16-7-3-2-4-8-16)23(26)28-14-21-24-22(25-29-21)18-11-12-30-15-18/h2-13,15H,14H2,1H3/b19-13+. The predicted octanol–water partition coefficient (Wildman–Crippen LogP) is 5.09. The number of thiophene rings is 1. The van der Waals surface area contributed by atoms with Crippen molar-refractivity contribution in [2.75, 3.05) is 7.11 Å². The summed E-state index contributed by atoms with van der Waals surface area (Å²) >= 11 is 1.54. The molecule has 0 N–H and O–H groups in total. The molecule has 7 heteroatoms. The molecule has 0 radical (unpaired) electrons. The van der Waals surface area contributed by atoms with Crippen molar-refractivity contribution in [3.8, 4) is 17.1 Å². The molecule has 0 saturated heterocycles. The van der Waals surface area contributed by atoms with Crippen LogP contribution in [0.2, 0.25) is 0 Å². The topological polar surface area (TPSA) is 74.5 Å². The average Bonchev–Trinajstić information content (AvgIpc) is 3.48. The summed E-state index contributed by atoms with van der Waals surface area (Å²) in [6.45, 7) is -0.119. The van der Waals surface area contributed by atoms with Gasteiger partial charge in [0, 0.05) is 16.5 Å². The Labute approximate surface area is 177 Å². The summed E-state index contributed by atoms with van der Waals surface area (Å²) in [6, 6.07) is 18.7. The van der Waals surface area contributed by atoms with Gasteiger partial charge in [0.15, 0.2) is 6.61 Å². The van der Waals surface area contributed by atoms with E-state index in [2.05, 4.69) is 10.1 Å². The molecule has 0 fully saturated rings. The van der Waals surface area contributed by atoms with Crippen LogP contribution in [-0.4, -0.2) is 23.2 Å². The largest absolute Gasteiger partial charge is 0.496 e. The number of ether oxygens (including phenoxy) is 2. The van der Waals surface area contributed by atoms with Crippen LogP contribution >= 0.6 is 11.3 Å². The van der Waals surface area contributed by atoms with Gasteiger partial charge in [-0.1, -0.05) is 53.7 Å². The van der Waals surface area contributed by atoms with Crippen LogP contribution in [0.3, 0.4) is 0 Å². The number of carbonyl (C=O) groups is 1. The number of para-hydroxylation sites is 1. The zero-order valence-electron chi connectivity index (χ0n) is 16.1. The maximum absolute atomic E-state index is 12.9. The summed E-state index contributed by atoms with van der Waals surface area (Å²) in [5.41, 5.74) is 2.77. The van der Waals surface area contributed by atoms with Gasteiger partial charge in [-0.25, -0.2) is 4.79 Å². The fraction of sp³-hybridized carbons (Fsp3) is 0.0870. The van der Waals surface area contributed by atoms with Crippen LogP contribution < -0.4 is 4.74 Å². The summed E-state index contributed by atoms with van der Waals surface area (Å²) in [6.07, 6.45) is 1.75. The summed E-state index contributed by atoms with van der Waals surface area (Å²) in [5.74, 6) is 0.864. The van der Waals surface area contributed by atoms with E-state index >= 15 is 0 Å². The number of esters is 1. The first-order chi connectivity index (χ1) is 14.7. The Morgan fingerprint density at radius 1 is 1.10 bits per heavy atom. The van der Waals surface area contributed by atoms with Crippen molar-refractivity contribution < 1.29 is 18.8 Å².